The molecule has 0 radical (unpaired) electrons. The fourth-order valence-corrected chi connectivity index (χ4v) is 4.71. The Morgan fingerprint density at radius 2 is 2.04 bits per heavy atom. The van der Waals surface area contributed by atoms with Gasteiger partial charge in [-0.2, -0.15) is 4.31 Å². The Kier molecular flexibility index (Phi) is 5.53. The van der Waals surface area contributed by atoms with Gasteiger partial charge in [0.05, 0.1) is 12.7 Å². The highest BCUT2D eigenvalue weighted by Crippen LogP contribution is 2.24. The van der Waals surface area contributed by atoms with Gasteiger partial charge in [-0.3, -0.25) is 0 Å². The van der Waals surface area contributed by atoms with Gasteiger partial charge in [-0.05, 0) is 31.4 Å². The lowest BCUT2D eigenvalue weighted by atomic mass is 10.2. The fourth-order valence-electron chi connectivity index (χ4n) is 3.24. The highest BCUT2D eigenvalue weighted by Gasteiger charge is 2.27. The first-order valence-corrected chi connectivity index (χ1v) is 9.99. The van der Waals surface area contributed by atoms with Crippen molar-refractivity contribution >= 4 is 15.8 Å². The molecule has 2 fully saturated rings. The molecule has 0 bridgehead atoms. The minimum Gasteiger partial charge on any atom is -0.372 e. The van der Waals surface area contributed by atoms with Gasteiger partial charge in [0.15, 0.2) is 0 Å². The lowest BCUT2D eigenvalue weighted by Gasteiger charge is -2.26. The quantitative estimate of drug-likeness (QED) is 0.734. The Labute approximate surface area is 144 Å². The summed E-state index contributed by atoms with van der Waals surface area (Å²) >= 11 is 0. The van der Waals surface area contributed by atoms with Crippen LogP contribution in [0.5, 0.6) is 0 Å². The number of piperidine rings is 1. The molecule has 0 spiro atoms. The number of hydrogen-bond donors (Lipinski definition) is 0. The molecule has 1 atom stereocenters. The van der Waals surface area contributed by atoms with Crippen LogP contribution in [0.1, 0.15) is 25.7 Å². The topological polar surface area (TPSA) is 62.7 Å². The van der Waals surface area contributed by atoms with Crippen molar-refractivity contribution in [2.75, 3.05) is 37.7 Å². The van der Waals surface area contributed by atoms with Crippen LogP contribution >= 0.6 is 0 Å². The molecular weight excluding hydrogens is 326 g/mol. The highest BCUT2D eigenvalue weighted by molar-refractivity contribution is 7.89. The molecule has 0 aliphatic carbocycles. The van der Waals surface area contributed by atoms with Crippen LogP contribution in [0.15, 0.2) is 35.9 Å². The van der Waals surface area contributed by atoms with Crippen molar-refractivity contribution in [2.24, 2.45) is 0 Å². The van der Waals surface area contributed by atoms with Gasteiger partial charge in [-0.1, -0.05) is 12.5 Å². The van der Waals surface area contributed by atoms with Gasteiger partial charge in [0.1, 0.15) is 10.7 Å². The summed E-state index contributed by atoms with van der Waals surface area (Å²) in [6.07, 6.45) is 7.34. The van der Waals surface area contributed by atoms with Gasteiger partial charge >= 0.3 is 0 Å². The van der Waals surface area contributed by atoms with Gasteiger partial charge in [-0.15, -0.1) is 6.58 Å². The first-order valence-electron chi connectivity index (χ1n) is 8.55. The van der Waals surface area contributed by atoms with Gasteiger partial charge in [0.2, 0.25) is 10.0 Å². The first-order chi connectivity index (χ1) is 11.6. The number of sulfonamides is 1. The molecule has 0 N–H and O–H groups in total. The summed E-state index contributed by atoms with van der Waals surface area (Å²) in [5.74, 6) is 0.803. The Morgan fingerprint density at radius 3 is 2.71 bits per heavy atom. The van der Waals surface area contributed by atoms with E-state index in [9.17, 15) is 8.42 Å². The standard InChI is InChI=1S/C17H25N3O3S/c1-2-12-23-15-8-11-19(14-15)17-7-6-16(13-18-17)24(21,22)20-9-4-3-5-10-20/h2,6-7,13,15H,1,3-5,8-12,14H2. The predicted molar refractivity (Wildman–Crippen MR) is 93.6 cm³/mol. The highest BCUT2D eigenvalue weighted by atomic mass is 32.2. The van der Waals surface area contributed by atoms with E-state index in [0.717, 1.165) is 44.6 Å². The molecule has 0 aromatic carbocycles. The normalized spacial score (nSPS) is 22.7. The van der Waals surface area contributed by atoms with Crippen LogP contribution in [-0.2, 0) is 14.8 Å². The second kappa shape index (κ2) is 7.63. The minimum atomic E-state index is -3.41. The number of ether oxygens (including phenoxy) is 1. The van der Waals surface area contributed by atoms with Crippen molar-refractivity contribution in [3.63, 3.8) is 0 Å². The second-order valence-corrected chi connectivity index (χ2v) is 8.23. The van der Waals surface area contributed by atoms with Crippen molar-refractivity contribution in [3.05, 3.63) is 31.0 Å². The number of hydrogen-bond acceptors (Lipinski definition) is 5. The molecule has 3 rings (SSSR count). The van der Waals surface area contributed by atoms with E-state index in [1.54, 1.807) is 22.5 Å². The summed E-state index contributed by atoms with van der Waals surface area (Å²) in [6.45, 7) is 7.08. The van der Waals surface area contributed by atoms with Gasteiger partial charge in [0, 0.05) is 32.4 Å². The summed E-state index contributed by atoms with van der Waals surface area (Å²) in [5, 5.41) is 0. The third-order valence-electron chi connectivity index (χ3n) is 4.59. The number of pyridine rings is 1. The smallest absolute Gasteiger partial charge is 0.244 e. The zero-order chi connectivity index (χ0) is 17.0. The maximum Gasteiger partial charge on any atom is 0.244 e. The minimum absolute atomic E-state index is 0.182. The summed E-state index contributed by atoms with van der Waals surface area (Å²) in [5.41, 5.74) is 0. The molecule has 2 saturated heterocycles. The molecule has 1 aromatic rings. The SMILES string of the molecule is C=CCOC1CCN(c2ccc(S(=O)(=O)N3CCCCC3)cn2)C1. The number of rotatable bonds is 6. The third kappa shape index (κ3) is 3.79. The second-order valence-electron chi connectivity index (χ2n) is 6.30. The number of anilines is 1. The van der Waals surface area contributed by atoms with E-state index in [1.165, 1.54) is 6.20 Å². The van der Waals surface area contributed by atoms with Crippen LogP contribution < -0.4 is 4.90 Å². The van der Waals surface area contributed by atoms with E-state index in [0.29, 0.717) is 19.7 Å². The summed E-state index contributed by atoms with van der Waals surface area (Å²) in [6, 6.07) is 3.47. The average molecular weight is 351 g/mol. The first kappa shape index (κ1) is 17.4. The Morgan fingerprint density at radius 1 is 1.25 bits per heavy atom. The lowest BCUT2D eigenvalue weighted by molar-refractivity contribution is 0.0909. The van der Waals surface area contributed by atoms with Gasteiger partial charge in [-0.25, -0.2) is 13.4 Å². The molecule has 24 heavy (non-hydrogen) atoms. The van der Waals surface area contributed by atoms with E-state index in [1.807, 2.05) is 0 Å². The van der Waals surface area contributed by atoms with Crippen LogP contribution in [-0.4, -0.2) is 56.6 Å². The molecule has 2 aliphatic heterocycles. The summed E-state index contributed by atoms with van der Waals surface area (Å²) in [4.78, 5) is 6.80. The third-order valence-corrected chi connectivity index (χ3v) is 6.47. The monoisotopic (exact) mass is 351 g/mol. The number of nitrogens with zero attached hydrogens (tertiary/aromatic N) is 3. The molecule has 132 valence electrons. The van der Waals surface area contributed by atoms with Crippen molar-refractivity contribution < 1.29 is 13.2 Å². The maximum atomic E-state index is 12.6. The number of aromatic nitrogens is 1. The molecule has 2 aliphatic rings. The van der Waals surface area contributed by atoms with Gasteiger partial charge < -0.3 is 9.64 Å². The van der Waals surface area contributed by atoms with Crippen LogP contribution in [0.4, 0.5) is 5.82 Å². The van der Waals surface area contributed by atoms with Crippen LogP contribution in [0, 0.1) is 0 Å². The van der Waals surface area contributed by atoms with E-state index in [-0.39, 0.29) is 11.0 Å². The molecule has 6 nitrogen and oxygen atoms in total. The zero-order valence-corrected chi connectivity index (χ0v) is 14.7. The lowest BCUT2D eigenvalue weighted by Crippen LogP contribution is -2.35. The zero-order valence-electron chi connectivity index (χ0n) is 13.9. The predicted octanol–water partition coefficient (Wildman–Crippen LogP) is 2.04. The summed E-state index contributed by atoms with van der Waals surface area (Å²) in [7, 11) is -3.41. The average Bonchev–Trinajstić information content (AvgIpc) is 3.10. The Bertz CT molecular complexity index is 654. The molecule has 0 saturated carbocycles. The summed E-state index contributed by atoms with van der Waals surface area (Å²) < 4.78 is 32.5. The van der Waals surface area contributed by atoms with Crippen molar-refractivity contribution in [1.29, 1.82) is 0 Å². The van der Waals surface area contributed by atoms with Crippen LogP contribution in [0.3, 0.4) is 0 Å². The molecular formula is C17H25N3O3S. The van der Waals surface area contributed by atoms with E-state index in [4.69, 9.17) is 4.74 Å². The van der Waals surface area contributed by atoms with Crippen LogP contribution in [0.25, 0.3) is 0 Å². The molecule has 0 amide bonds. The molecule has 7 heteroatoms. The van der Waals surface area contributed by atoms with E-state index < -0.39 is 10.0 Å². The fraction of sp³-hybridized carbons (Fsp3) is 0.588. The molecule has 3 heterocycles. The molecule has 1 aromatic heterocycles. The molecule has 1 unspecified atom stereocenters. The van der Waals surface area contributed by atoms with Gasteiger partial charge in [0.25, 0.3) is 0 Å². The Balaban J connectivity index is 1.66. The maximum absolute atomic E-state index is 12.6. The van der Waals surface area contributed by atoms with Crippen molar-refractivity contribution in [1.82, 2.24) is 9.29 Å². The van der Waals surface area contributed by atoms with E-state index in [2.05, 4.69) is 16.5 Å². The Hall–Kier alpha value is -1.44. The van der Waals surface area contributed by atoms with Crippen molar-refractivity contribution in [3.8, 4) is 0 Å². The van der Waals surface area contributed by atoms with Crippen molar-refractivity contribution in [2.45, 2.75) is 36.7 Å². The van der Waals surface area contributed by atoms with E-state index >= 15 is 0 Å². The largest absolute Gasteiger partial charge is 0.372 e. The van der Waals surface area contributed by atoms with Crippen LogP contribution in [0.2, 0.25) is 0 Å².